The minimum Gasteiger partial charge on any atom is -0.449 e. The Labute approximate surface area is 245 Å². The number of amides is 1. The van der Waals surface area contributed by atoms with Crippen LogP contribution in [0.2, 0.25) is 0 Å². The zero-order valence-corrected chi connectivity index (χ0v) is 24.1. The molecule has 2 saturated heterocycles. The fraction of sp³-hybridized carbons (Fsp3) is 0.375. The van der Waals surface area contributed by atoms with E-state index in [4.69, 9.17) is 13.7 Å². The highest BCUT2D eigenvalue weighted by Gasteiger charge is 2.31. The van der Waals surface area contributed by atoms with E-state index in [1.54, 1.807) is 12.1 Å². The summed E-state index contributed by atoms with van der Waals surface area (Å²) in [6.45, 7) is 2.51. The van der Waals surface area contributed by atoms with Crippen molar-refractivity contribution in [1.29, 1.82) is 0 Å². The summed E-state index contributed by atoms with van der Waals surface area (Å²) in [5, 5.41) is 3.01. The van der Waals surface area contributed by atoms with Gasteiger partial charge in [0.15, 0.2) is 0 Å². The van der Waals surface area contributed by atoms with Crippen LogP contribution in [0.5, 0.6) is 0 Å². The molecule has 6 rings (SSSR count). The Morgan fingerprint density at radius 1 is 0.833 bits per heavy atom. The maximum atomic E-state index is 12.7. The predicted octanol–water partition coefficient (Wildman–Crippen LogP) is 4.85. The fourth-order valence-corrected chi connectivity index (χ4v) is 6.99. The first-order valence-corrected chi connectivity index (χ1v) is 15.8. The number of rotatable bonds is 7. The summed E-state index contributed by atoms with van der Waals surface area (Å²) < 4.78 is 41.1. The number of ether oxygens (including phenoxy) is 2. The second-order valence-electron chi connectivity index (χ2n) is 11.0. The molecule has 0 unspecified atom stereocenters. The second-order valence-corrected chi connectivity index (χ2v) is 12.5. The molecule has 0 bridgehead atoms. The number of carbonyl (C=O) groups is 2. The SMILES string of the molecule is O=C(NC1CCN(c2ccc(S(=O)(=O)OC(=O)C3CCOCC3)cc2)CC1)OCC1c2ccccc2-c2ccccc21. The number of fused-ring (bicyclic) bond motifs is 3. The molecule has 0 spiro atoms. The van der Waals surface area contributed by atoms with Gasteiger partial charge in [-0.15, -0.1) is 0 Å². The minimum absolute atomic E-state index is 0.0128. The lowest BCUT2D eigenvalue weighted by Gasteiger charge is -2.33. The van der Waals surface area contributed by atoms with Gasteiger partial charge in [-0.05, 0) is 72.2 Å². The Bertz CT molecular complexity index is 1500. The number of anilines is 1. The number of nitrogens with one attached hydrogen (secondary N) is 1. The van der Waals surface area contributed by atoms with Crippen LogP contribution < -0.4 is 10.2 Å². The zero-order valence-electron chi connectivity index (χ0n) is 23.2. The van der Waals surface area contributed by atoms with E-state index in [2.05, 4.69) is 34.5 Å². The van der Waals surface area contributed by atoms with Crippen molar-refractivity contribution in [3.05, 3.63) is 83.9 Å². The van der Waals surface area contributed by atoms with Gasteiger partial charge in [0.1, 0.15) is 11.5 Å². The Balaban J connectivity index is 0.982. The van der Waals surface area contributed by atoms with Gasteiger partial charge in [-0.1, -0.05) is 48.5 Å². The van der Waals surface area contributed by atoms with Gasteiger partial charge in [0.2, 0.25) is 0 Å². The van der Waals surface area contributed by atoms with Gasteiger partial charge < -0.3 is 23.9 Å². The molecule has 220 valence electrons. The van der Waals surface area contributed by atoms with Crippen molar-refractivity contribution in [2.24, 2.45) is 5.92 Å². The number of alkyl carbamates (subject to hydrolysis) is 1. The molecule has 0 saturated carbocycles. The van der Waals surface area contributed by atoms with Crippen molar-refractivity contribution in [2.75, 3.05) is 37.8 Å². The van der Waals surface area contributed by atoms with Crippen molar-refractivity contribution in [1.82, 2.24) is 5.32 Å². The lowest BCUT2D eigenvalue weighted by atomic mass is 9.98. The number of hydrogen-bond donors (Lipinski definition) is 1. The summed E-state index contributed by atoms with van der Waals surface area (Å²) in [7, 11) is -4.19. The highest BCUT2D eigenvalue weighted by molar-refractivity contribution is 7.87. The molecule has 1 aliphatic carbocycles. The molecule has 1 N–H and O–H groups in total. The molecule has 0 atom stereocenters. The van der Waals surface area contributed by atoms with E-state index in [1.807, 2.05) is 24.3 Å². The normalized spacial score (nSPS) is 17.8. The molecular formula is C32H34N2O7S. The third-order valence-corrected chi connectivity index (χ3v) is 9.63. The number of benzene rings is 3. The average Bonchev–Trinajstić information content (AvgIpc) is 3.34. The van der Waals surface area contributed by atoms with Gasteiger partial charge in [0.25, 0.3) is 0 Å². The predicted molar refractivity (Wildman–Crippen MR) is 157 cm³/mol. The molecule has 3 aliphatic rings. The fourth-order valence-electron chi connectivity index (χ4n) is 6.07. The van der Waals surface area contributed by atoms with E-state index in [0.29, 0.717) is 39.1 Å². The second kappa shape index (κ2) is 12.1. The summed E-state index contributed by atoms with van der Waals surface area (Å²) in [6, 6.07) is 22.8. The van der Waals surface area contributed by atoms with E-state index >= 15 is 0 Å². The number of hydrogen-bond acceptors (Lipinski definition) is 8. The Hall–Kier alpha value is -3.89. The van der Waals surface area contributed by atoms with Crippen molar-refractivity contribution < 1.29 is 31.7 Å². The molecule has 0 aromatic heterocycles. The smallest absolute Gasteiger partial charge is 0.407 e. The van der Waals surface area contributed by atoms with Crippen LogP contribution >= 0.6 is 0 Å². The van der Waals surface area contributed by atoms with E-state index < -0.39 is 28.1 Å². The van der Waals surface area contributed by atoms with Crippen molar-refractivity contribution >= 4 is 27.9 Å². The zero-order chi connectivity index (χ0) is 29.1. The maximum Gasteiger partial charge on any atom is 0.407 e. The van der Waals surface area contributed by atoms with Gasteiger partial charge in [0, 0.05) is 44.0 Å². The van der Waals surface area contributed by atoms with Crippen LogP contribution in [0.15, 0.2) is 77.7 Å². The molecule has 2 heterocycles. The van der Waals surface area contributed by atoms with E-state index in [-0.39, 0.29) is 23.5 Å². The highest BCUT2D eigenvalue weighted by atomic mass is 32.2. The van der Waals surface area contributed by atoms with Crippen molar-refractivity contribution in [3.8, 4) is 11.1 Å². The summed E-state index contributed by atoms with van der Waals surface area (Å²) in [4.78, 5) is 27.1. The molecule has 42 heavy (non-hydrogen) atoms. The third kappa shape index (κ3) is 6.00. The Morgan fingerprint density at radius 3 is 2.05 bits per heavy atom. The van der Waals surface area contributed by atoms with Gasteiger partial charge >= 0.3 is 22.2 Å². The van der Waals surface area contributed by atoms with Crippen LogP contribution in [0.3, 0.4) is 0 Å². The minimum atomic E-state index is -4.19. The topological polar surface area (TPSA) is 111 Å². The number of piperidine rings is 1. The van der Waals surface area contributed by atoms with Crippen LogP contribution in [0.1, 0.15) is 42.7 Å². The molecule has 3 aromatic rings. The molecule has 0 radical (unpaired) electrons. The summed E-state index contributed by atoms with van der Waals surface area (Å²) >= 11 is 0. The first kappa shape index (κ1) is 28.2. The lowest BCUT2D eigenvalue weighted by molar-refractivity contribution is -0.141. The van der Waals surface area contributed by atoms with Crippen LogP contribution in [-0.4, -0.2) is 59.4 Å². The van der Waals surface area contributed by atoms with Gasteiger partial charge in [-0.3, -0.25) is 4.79 Å². The van der Waals surface area contributed by atoms with Crippen LogP contribution in [0, 0.1) is 5.92 Å². The molecule has 10 heteroatoms. The monoisotopic (exact) mass is 590 g/mol. The largest absolute Gasteiger partial charge is 0.449 e. The van der Waals surface area contributed by atoms with Crippen molar-refractivity contribution in [2.45, 2.75) is 42.5 Å². The average molecular weight is 591 g/mol. The Morgan fingerprint density at radius 2 is 1.43 bits per heavy atom. The summed E-state index contributed by atoms with van der Waals surface area (Å²) in [6.07, 6.45) is 1.96. The molecule has 1 amide bonds. The Kier molecular flexibility index (Phi) is 8.17. The van der Waals surface area contributed by atoms with E-state index in [9.17, 15) is 18.0 Å². The molecule has 2 aliphatic heterocycles. The highest BCUT2D eigenvalue weighted by Crippen LogP contribution is 2.44. The number of carbonyl (C=O) groups excluding carboxylic acids is 2. The molecule has 9 nitrogen and oxygen atoms in total. The summed E-state index contributed by atoms with van der Waals surface area (Å²) in [5.41, 5.74) is 5.60. The number of nitrogens with zero attached hydrogens (tertiary/aromatic N) is 1. The van der Waals surface area contributed by atoms with Gasteiger partial charge in [-0.25, -0.2) is 4.79 Å². The standard InChI is InChI=1S/C32H34N2O7S/c35-31(22-15-19-39-20-16-22)41-42(37,38)25-11-9-24(10-12-25)34-17-13-23(14-18-34)33-32(36)40-21-30-28-7-3-1-5-26(28)27-6-2-4-8-29(27)30/h1-12,22-23,30H,13-21H2,(H,33,36). The third-order valence-electron chi connectivity index (χ3n) is 8.40. The van der Waals surface area contributed by atoms with Crippen LogP contribution in [-0.2, 0) is 28.6 Å². The summed E-state index contributed by atoms with van der Waals surface area (Å²) in [5.74, 6) is -1.17. The molecule has 2 fully saturated rings. The van der Waals surface area contributed by atoms with Crippen LogP contribution in [0.25, 0.3) is 11.1 Å². The quantitative estimate of drug-likeness (QED) is 0.389. The van der Waals surface area contributed by atoms with Crippen molar-refractivity contribution in [3.63, 3.8) is 0 Å². The lowest BCUT2D eigenvalue weighted by Crippen LogP contribution is -2.45. The molecule has 3 aromatic carbocycles. The van der Waals surface area contributed by atoms with E-state index in [0.717, 1.165) is 18.5 Å². The first-order valence-electron chi connectivity index (χ1n) is 14.4. The van der Waals surface area contributed by atoms with Gasteiger partial charge in [-0.2, -0.15) is 8.42 Å². The van der Waals surface area contributed by atoms with E-state index in [1.165, 1.54) is 34.4 Å². The van der Waals surface area contributed by atoms with Crippen LogP contribution in [0.4, 0.5) is 10.5 Å². The maximum absolute atomic E-state index is 12.7. The molecular weight excluding hydrogens is 556 g/mol. The van der Waals surface area contributed by atoms with Gasteiger partial charge in [0.05, 0.1) is 5.92 Å². The first-order chi connectivity index (χ1) is 20.4.